The van der Waals surface area contributed by atoms with Crippen LogP contribution in [-0.2, 0) is 11.3 Å². The molecule has 7 heteroatoms. The number of likely N-dealkylation sites (N-methyl/N-ethyl adjacent to an activating group) is 1. The van der Waals surface area contributed by atoms with Gasteiger partial charge in [-0.1, -0.05) is 60.7 Å². The Morgan fingerprint density at radius 1 is 0.914 bits per heavy atom. The van der Waals surface area contributed by atoms with E-state index in [2.05, 4.69) is 87.8 Å². The van der Waals surface area contributed by atoms with Crippen molar-refractivity contribution in [1.29, 1.82) is 0 Å². The quantitative estimate of drug-likeness (QED) is 0.409. The maximum atomic E-state index is 5.56. The molecule has 6 nitrogen and oxygen atoms in total. The van der Waals surface area contributed by atoms with Crippen molar-refractivity contribution >= 4 is 27.4 Å². The summed E-state index contributed by atoms with van der Waals surface area (Å²) < 4.78 is 5.56. The third kappa shape index (κ3) is 4.69. The van der Waals surface area contributed by atoms with Crippen LogP contribution in [0.25, 0.3) is 21.3 Å². The molecule has 2 fully saturated rings. The van der Waals surface area contributed by atoms with Crippen LogP contribution in [-0.4, -0.2) is 72.8 Å². The number of ether oxygens (including phenoxy) is 1. The van der Waals surface area contributed by atoms with Crippen molar-refractivity contribution in [2.45, 2.75) is 12.6 Å². The van der Waals surface area contributed by atoms with Crippen LogP contribution in [0, 0.1) is 0 Å². The summed E-state index contributed by atoms with van der Waals surface area (Å²) in [4.78, 5) is 18.8. The van der Waals surface area contributed by atoms with E-state index in [0.717, 1.165) is 69.0 Å². The second-order valence-electron chi connectivity index (χ2n) is 9.43. The molecule has 4 aromatic rings. The Morgan fingerprint density at radius 2 is 1.66 bits per heavy atom. The molecule has 1 atom stereocenters. The number of anilines is 1. The first kappa shape index (κ1) is 22.6. The molecule has 2 aliphatic heterocycles. The van der Waals surface area contributed by atoms with Gasteiger partial charge >= 0.3 is 0 Å². The van der Waals surface area contributed by atoms with Gasteiger partial charge in [0.25, 0.3) is 0 Å². The number of fused-ring (bicyclic) bond motifs is 1. The van der Waals surface area contributed by atoms with Crippen molar-refractivity contribution in [1.82, 2.24) is 19.8 Å². The third-order valence-corrected chi connectivity index (χ3v) is 7.93. The van der Waals surface area contributed by atoms with E-state index >= 15 is 0 Å². The Morgan fingerprint density at radius 3 is 2.43 bits per heavy atom. The van der Waals surface area contributed by atoms with Crippen LogP contribution in [0.15, 0.2) is 66.0 Å². The number of aromatic nitrogens is 2. The number of morpholine rings is 1. The summed E-state index contributed by atoms with van der Waals surface area (Å²) in [6.07, 6.45) is 0. The lowest BCUT2D eigenvalue weighted by Gasteiger charge is -2.41. The van der Waals surface area contributed by atoms with Gasteiger partial charge in [-0.05, 0) is 18.2 Å². The fourth-order valence-corrected chi connectivity index (χ4v) is 6.13. The Labute approximate surface area is 210 Å². The Balaban J connectivity index is 1.49. The molecule has 35 heavy (non-hydrogen) atoms. The monoisotopic (exact) mass is 485 g/mol. The van der Waals surface area contributed by atoms with Crippen LogP contribution in [0.1, 0.15) is 17.4 Å². The number of thiophene rings is 1. The summed E-state index contributed by atoms with van der Waals surface area (Å²) in [6.45, 7) is 7.09. The number of benzene rings is 2. The van der Waals surface area contributed by atoms with Crippen molar-refractivity contribution < 1.29 is 4.74 Å². The van der Waals surface area contributed by atoms with Gasteiger partial charge in [-0.2, -0.15) is 0 Å². The van der Waals surface area contributed by atoms with Crippen LogP contribution in [0.3, 0.4) is 0 Å². The molecule has 2 saturated heterocycles. The second kappa shape index (κ2) is 10.0. The van der Waals surface area contributed by atoms with E-state index in [1.54, 1.807) is 11.3 Å². The summed E-state index contributed by atoms with van der Waals surface area (Å²) in [5.74, 6) is 1.97. The van der Waals surface area contributed by atoms with E-state index in [4.69, 9.17) is 14.7 Å². The minimum absolute atomic E-state index is 0.243. The zero-order valence-electron chi connectivity index (χ0n) is 20.1. The van der Waals surface area contributed by atoms with Crippen LogP contribution in [0.5, 0.6) is 0 Å². The Bertz CT molecular complexity index is 1270. The van der Waals surface area contributed by atoms with Gasteiger partial charge in [-0.25, -0.2) is 9.97 Å². The zero-order valence-corrected chi connectivity index (χ0v) is 21.0. The molecule has 2 aliphatic rings. The molecular formula is C28H31N5OS. The van der Waals surface area contributed by atoms with Crippen LogP contribution < -0.4 is 4.90 Å². The zero-order chi connectivity index (χ0) is 23.6. The lowest BCUT2D eigenvalue weighted by molar-refractivity contribution is 0.0331. The smallest absolute Gasteiger partial charge is 0.146 e. The lowest BCUT2D eigenvalue weighted by Crippen LogP contribution is -2.47. The lowest BCUT2D eigenvalue weighted by atomic mass is 10.0. The van der Waals surface area contributed by atoms with Crippen LogP contribution in [0.2, 0.25) is 0 Å². The summed E-state index contributed by atoms with van der Waals surface area (Å²) in [7, 11) is 2.21. The highest BCUT2D eigenvalue weighted by molar-refractivity contribution is 7.17. The van der Waals surface area contributed by atoms with Gasteiger partial charge in [-0.15, -0.1) is 11.3 Å². The Kier molecular flexibility index (Phi) is 6.48. The maximum absolute atomic E-state index is 5.56. The highest BCUT2D eigenvalue weighted by atomic mass is 32.1. The number of piperazine rings is 1. The maximum Gasteiger partial charge on any atom is 0.146 e. The molecule has 0 bridgehead atoms. The van der Waals surface area contributed by atoms with Gasteiger partial charge in [0, 0.05) is 43.7 Å². The predicted molar refractivity (Wildman–Crippen MR) is 143 cm³/mol. The third-order valence-electron chi connectivity index (χ3n) is 7.05. The summed E-state index contributed by atoms with van der Waals surface area (Å²) >= 11 is 1.73. The highest BCUT2D eigenvalue weighted by Crippen LogP contribution is 2.41. The van der Waals surface area contributed by atoms with Crippen LogP contribution >= 0.6 is 11.3 Å². The molecule has 4 heterocycles. The van der Waals surface area contributed by atoms with Gasteiger partial charge in [0.1, 0.15) is 16.5 Å². The van der Waals surface area contributed by atoms with Gasteiger partial charge in [-0.3, -0.25) is 4.90 Å². The summed E-state index contributed by atoms with van der Waals surface area (Å²) in [5.41, 5.74) is 3.77. The van der Waals surface area contributed by atoms with Gasteiger partial charge in [0.05, 0.1) is 31.2 Å². The number of hydrogen-bond donors (Lipinski definition) is 0. The minimum Gasteiger partial charge on any atom is -0.379 e. The van der Waals surface area contributed by atoms with E-state index in [1.807, 2.05) is 0 Å². The topological polar surface area (TPSA) is 44.7 Å². The van der Waals surface area contributed by atoms with E-state index in [0.29, 0.717) is 0 Å². The highest BCUT2D eigenvalue weighted by Gasteiger charge is 2.31. The van der Waals surface area contributed by atoms with Gasteiger partial charge in [0.2, 0.25) is 0 Å². The van der Waals surface area contributed by atoms with Crippen molar-refractivity contribution in [2.24, 2.45) is 0 Å². The first-order valence-electron chi connectivity index (χ1n) is 12.4. The number of hydrogen-bond acceptors (Lipinski definition) is 7. The summed E-state index contributed by atoms with van der Waals surface area (Å²) in [6, 6.07) is 21.8. The molecule has 0 N–H and O–H groups in total. The number of nitrogens with zero attached hydrogens (tertiary/aromatic N) is 5. The average Bonchev–Trinajstić information content (AvgIpc) is 3.34. The van der Waals surface area contributed by atoms with E-state index in [-0.39, 0.29) is 6.04 Å². The number of rotatable bonds is 5. The molecule has 2 aromatic carbocycles. The normalized spacial score (nSPS) is 19.9. The van der Waals surface area contributed by atoms with Crippen molar-refractivity contribution in [3.05, 3.63) is 77.4 Å². The first-order valence-corrected chi connectivity index (χ1v) is 13.3. The molecule has 0 amide bonds. The van der Waals surface area contributed by atoms with E-state index < -0.39 is 0 Å². The molecular weight excluding hydrogens is 454 g/mol. The molecule has 0 spiro atoms. The molecule has 0 radical (unpaired) electrons. The minimum atomic E-state index is 0.243. The first-order chi connectivity index (χ1) is 17.3. The molecule has 2 aromatic heterocycles. The fourth-order valence-electron chi connectivity index (χ4n) is 5.17. The molecule has 180 valence electrons. The fraction of sp³-hybridized carbons (Fsp3) is 0.357. The molecule has 6 rings (SSSR count). The summed E-state index contributed by atoms with van der Waals surface area (Å²) in [5, 5.41) is 3.43. The van der Waals surface area contributed by atoms with E-state index in [9.17, 15) is 0 Å². The van der Waals surface area contributed by atoms with Gasteiger partial charge < -0.3 is 14.5 Å². The average molecular weight is 486 g/mol. The predicted octanol–water partition coefficient (Wildman–Crippen LogP) is 4.68. The molecule has 0 aliphatic carbocycles. The molecule has 1 unspecified atom stereocenters. The van der Waals surface area contributed by atoms with Crippen LogP contribution in [0.4, 0.5) is 5.82 Å². The van der Waals surface area contributed by atoms with Crippen molar-refractivity contribution in [3.63, 3.8) is 0 Å². The largest absolute Gasteiger partial charge is 0.379 e. The van der Waals surface area contributed by atoms with Crippen molar-refractivity contribution in [2.75, 3.05) is 57.9 Å². The van der Waals surface area contributed by atoms with Gasteiger partial charge in [0.15, 0.2) is 0 Å². The molecule has 0 saturated carbocycles. The SMILES string of the molecule is CN1CCN(c2nc(CN3CCOCC3)nc3scc(-c4ccccc4)c23)C(c2ccccc2)C1. The standard InChI is InChI=1S/C28H31N5OS/c1-31-12-13-33(24(18-31)22-10-6-3-7-11-22)27-26-23(21-8-4-2-5-9-21)20-35-28(26)30-25(29-27)19-32-14-16-34-17-15-32/h2-11,20,24H,12-19H2,1H3. The van der Waals surface area contributed by atoms with Crippen molar-refractivity contribution in [3.8, 4) is 11.1 Å². The Hall–Kier alpha value is -2.84. The second-order valence-corrected chi connectivity index (χ2v) is 10.3. The van der Waals surface area contributed by atoms with E-state index in [1.165, 1.54) is 22.1 Å².